The Hall–Kier alpha value is -0.910. The van der Waals surface area contributed by atoms with Gasteiger partial charge in [0, 0.05) is 20.3 Å². The minimum absolute atomic E-state index is 0.442. The summed E-state index contributed by atoms with van der Waals surface area (Å²) >= 11 is 1.28. The van der Waals surface area contributed by atoms with Gasteiger partial charge in [-0.3, -0.25) is 0 Å². The number of thiophene rings is 1. The lowest BCUT2D eigenvalue weighted by Crippen LogP contribution is -2.16. The van der Waals surface area contributed by atoms with Gasteiger partial charge < -0.3 is 15.2 Å². The second kappa shape index (κ2) is 8.22. The van der Waals surface area contributed by atoms with Crippen LogP contribution >= 0.6 is 11.3 Å². The van der Waals surface area contributed by atoms with Crippen LogP contribution in [0.1, 0.15) is 34.5 Å². The van der Waals surface area contributed by atoms with Crippen molar-refractivity contribution in [2.75, 3.05) is 20.3 Å². The molecule has 0 bridgehead atoms. The molecule has 1 aromatic heterocycles. The second-order valence-corrected chi connectivity index (χ2v) is 4.73. The Bertz CT molecular complexity index is 338. The number of hydrogen-bond donors (Lipinski definition) is 2. The maximum Gasteiger partial charge on any atom is 0.346 e. The van der Waals surface area contributed by atoms with Gasteiger partial charge in [0.25, 0.3) is 0 Å². The molecule has 0 fully saturated rings. The van der Waals surface area contributed by atoms with Crippen LogP contribution in [-0.2, 0) is 11.3 Å². The standard InChI is InChI=1S/C12H19NO3S/c1-16-7-4-2-3-6-13-9-10-5-8-17-11(10)12(14)15/h5,8,13H,2-4,6-7,9H2,1H3,(H,14,15). The number of ether oxygens (including phenoxy) is 1. The second-order valence-electron chi connectivity index (χ2n) is 3.81. The number of carbonyl (C=O) groups is 1. The van der Waals surface area contributed by atoms with Gasteiger partial charge in [-0.15, -0.1) is 11.3 Å². The van der Waals surface area contributed by atoms with Crippen LogP contribution in [0.25, 0.3) is 0 Å². The zero-order chi connectivity index (χ0) is 12.5. The molecule has 0 spiro atoms. The highest BCUT2D eigenvalue weighted by molar-refractivity contribution is 7.12. The molecule has 0 atom stereocenters. The molecule has 0 aliphatic heterocycles. The zero-order valence-corrected chi connectivity index (χ0v) is 10.9. The monoisotopic (exact) mass is 257 g/mol. The Morgan fingerprint density at radius 3 is 3.00 bits per heavy atom. The summed E-state index contributed by atoms with van der Waals surface area (Å²) < 4.78 is 4.97. The summed E-state index contributed by atoms with van der Waals surface area (Å²) in [6.07, 6.45) is 3.31. The van der Waals surface area contributed by atoms with Crippen LogP contribution in [0.3, 0.4) is 0 Å². The maximum absolute atomic E-state index is 10.9. The van der Waals surface area contributed by atoms with Crippen LogP contribution in [0, 0.1) is 0 Å². The number of carboxylic acid groups (broad SMARTS) is 1. The van der Waals surface area contributed by atoms with Crippen LogP contribution < -0.4 is 5.32 Å². The average molecular weight is 257 g/mol. The summed E-state index contributed by atoms with van der Waals surface area (Å²) in [6, 6.07) is 1.87. The van der Waals surface area contributed by atoms with Crippen molar-refractivity contribution in [2.24, 2.45) is 0 Å². The molecular formula is C12H19NO3S. The van der Waals surface area contributed by atoms with Gasteiger partial charge in [0.1, 0.15) is 4.88 Å². The minimum atomic E-state index is -0.836. The van der Waals surface area contributed by atoms with E-state index in [-0.39, 0.29) is 0 Å². The van der Waals surface area contributed by atoms with Crippen molar-refractivity contribution in [3.63, 3.8) is 0 Å². The summed E-state index contributed by atoms with van der Waals surface area (Å²) in [6.45, 7) is 2.36. The van der Waals surface area contributed by atoms with E-state index in [9.17, 15) is 4.79 Å². The summed E-state index contributed by atoms with van der Waals surface area (Å²) in [5, 5.41) is 14.0. The van der Waals surface area contributed by atoms with Gasteiger partial charge in [-0.2, -0.15) is 0 Å². The van der Waals surface area contributed by atoms with E-state index in [2.05, 4.69) is 5.32 Å². The first-order valence-electron chi connectivity index (χ1n) is 5.75. The third kappa shape index (κ3) is 5.30. The molecule has 0 amide bonds. The van der Waals surface area contributed by atoms with Crippen molar-refractivity contribution in [2.45, 2.75) is 25.8 Å². The predicted molar refractivity (Wildman–Crippen MR) is 68.7 cm³/mol. The van der Waals surface area contributed by atoms with E-state index in [4.69, 9.17) is 9.84 Å². The lowest BCUT2D eigenvalue weighted by atomic mass is 10.2. The van der Waals surface area contributed by atoms with E-state index in [1.54, 1.807) is 7.11 Å². The fourth-order valence-corrected chi connectivity index (χ4v) is 2.32. The van der Waals surface area contributed by atoms with E-state index in [1.165, 1.54) is 11.3 Å². The van der Waals surface area contributed by atoms with Crippen LogP contribution in [0.15, 0.2) is 11.4 Å². The van der Waals surface area contributed by atoms with Crippen molar-refractivity contribution < 1.29 is 14.6 Å². The Kier molecular flexibility index (Phi) is 6.84. The first-order valence-corrected chi connectivity index (χ1v) is 6.63. The van der Waals surface area contributed by atoms with E-state index >= 15 is 0 Å². The summed E-state index contributed by atoms with van der Waals surface area (Å²) in [7, 11) is 1.71. The molecule has 1 rings (SSSR count). The van der Waals surface area contributed by atoms with Crippen molar-refractivity contribution in [1.82, 2.24) is 5.32 Å². The Balaban J connectivity index is 2.14. The van der Waals surface area contributed by atoms with E-state index in [1.807, 2.05) is 11.4 Å². The van der Waals surface area contributed by atoms with Gasteiger partial charge >= 0.3 is 5.97 Å². The van der Waals surface area contributed by atoms with Gasteiger partial charge in [0.2, 0.25) is 0 Å². The number of methoxy groups -OCH3 is 1. The lowest BCUT2D eigenvalue weighted by Gasteiger charge is -2.04. The topological polar surface area (TPSA) is 58.6 Å². The number of unbranched alkanes of at least 4 members (excludes halogenated alkanes) is 2. The van der Waals surface area contributed by atoms with E-state index in [0.29, 0.717) is 11.4 Å². The first kappa shape index (κ1) is 14.2. The number of rotatable bonds is 9. The Morgan fingerprint density at radius 2 is 2.29 bits per heavy atom. The quantitative estimate of drug-likeness (QED) is 0.667. The molecule has 17 heavy (non-hydrogen) atoms. The molecule has 2 N–H and O–H groups in total. The molecular weight excluding hydrogens is 238 g/mol. The largest absolute Gasteiger partial charge is 0.477 e. The number of hydrogen-bond acceptors (Lipinski definition) is 4. The van der Waals surface area contributed by atoms with Crippen LogP contribution in [-0.4, -0.2) is 31.3 Å². The number of carboxylic acids is 1. The number of nitrogens with one attached hydrogen (secondary N) is 1. The van der Waals surface area contributed by atoms with E-state index in [0.717, 1.165) is 38.0 Å². The van der Waals surface area contributed by atoms with Gasteiger partial charge in [-0.25, -0.2) is 4.79 Å². The fourth-order valence-electron chi connectivity index (χ4n) is 1.56. The molecule has 0 aliphatic rings. The Labute approximate surface area is 106 Å². The molecule has 0 radical (unpaired) electrons. The summed E-state index contributed by atoms with van der Waals surface area (Å²) in [4.78, 5) is 11.3. The van der Waals surface area contributed by atoms with Gasteiger partial charge in [-0.05, 0) is 42.8 Å². The minimum Gasteiger partial charge on any atom is -0.477 e. The van der Waals surface area contributed by atoms with Gasteiger partial charge in [-0.1, -0.05) is 0 Å². The molecule has 0 saturated heterocycles. The molecule has 1 heterocycles. The third-order valence-corrected chi connectivity index (χ3v) is 3.40. The van der Waals surface area contributed by atoms with Crippen LogP contribution in [0.4, 0.5) is 0 Å². The SMILES string of the molecule is COCCCCCNCc1ccsc1C(=O)O. The smallest absolute Gasteiger partial charge is 0.346 e. The maximum atomic E-state index is 10.9. The molecule has 5 heteroatoms. The summed E-state index contributed by atoms with van der Waals surface area (Å²) in [5.74, 6) is -0.836. The van der Waals surface area contributed by atoms with Crippen molar-refractivity contribution in [3.05, 3.63) is 21.9 Å². The molecule has 1 aromatic rings. The molecule has 0 unspecified atom stereocenters. The molecule has 4 nitrogen and oxygen atoms in total. The van der Waals surface area contributed by atoms with Crippen molar-refractivity contribution in [3.8, 4) is 0 Å². The van der Waals surface area contributed by atoms with Gasteiger partial charge in [0.15, 0.2) is 0 Å². The lowest BCUT2D eigenvalue weighted by molar-refractivity contribution is 0.0701. The Morgan fingerprint density at radius 1 is 1.47 bits per heavy atom. The highest BCUT2D eigenvalue weighted by atomic mass is 32.1. The molecule has 96 valence electrons. The molecule has 0 saturated carbocycles. The molecule has 0 aromatic carbocycles. The highest BCUT2D eigenvalue weighted by Crippen LogP contribution is 2.16. The average Bonchev–Trinajstić information content (AvgIpc) is 2.76. The first-order chi connectivity index (χ1) is 8.25. The zero-order valence-electron chi connectivity index (χ0n) is 10.1. The normalized spacial score (nSPS) is 10.6. The van der Waals surface area contributed by atoms with Crippen molar-refractivity contribution in [1.29, 1.82) is 0 Å². The van der Waals surface area contributed by atoms with Gasteiger partial charge in [0.05, 0.1) is 0 Å². The van der Waals surface area contributed by atoms with Crippen LogP contribution in [0.5, 0.6) is 0 Å². The number of aromatic carboxylic acids is 1. The van der Waals surface area contributed by atoms with Crippen LogP contribution in [0.2, 0.25) is 0 Å². The highest BCUT2D eigenvalue weighted by Gasteiger charge is 2.10. The fraction of sp³-hybridized carbons (Fsp3) is 0.583. The predicted octanol–water partition coefficient (Wildman–Crippen LogP) is 2.35. The van der Waals surface area contributed by atoms with Crippen molar-refractivity contribution >= 4 is 17.3 Å². The van der Waals surface area contributed by atoms with E-state index < -0.39 is 5.97 Å². The summed E-state index contributed by atoms with van der Waals surface area (Å²) in [5.41, 5.74) is 0.874. The third-order valence-electron chi connectivity index (χ3n) is 2.46. The molecule has 0 aliphatic carbocycles.